The summed E-state index contributed by atoms with van der Waals surface area (Å²) in [5.74, 6) is 1.17. The lowest BCUT2D eigenvalue weighted by molar-refractivity contribution is -0.675. The molecule has 0 saturated carbocycles. The first kappa shape index (κ1) is 10.8. The Morgan fingerprint density at radius 1 is 1.83 bits per heavy atom. The van der Waals surface area contributed by atoms with Gasteiger partial charge in [0.05, 0.1) is 0 Å². The molecule has 2 rings (SSSR count). The quantitative estimate of drug-likeness (QED) is 0.413. The molecule has 2 N–H and O–H groups in total. The van der Waals surface area contributed by atoms with Gasteiger partial charge < -0.3 is 17.0 Å². The van der Waals surface area contributed by atoms with Gasteiger partial charge in [-0.3, -0.25) is 4.90 Å². The van der Waals surface area contributed by atoms with E-state index in [0.717, 1.165) is 17.1 Å². The summed E-state index contributed by atoms with van der Waals surface area (Å²) < 4.78 is 0. The maximum absolute atomic E-state index is 4.27. The average molecular weight is 317 g/mol. The Hall–Kier alpha value is 0.740. The van der Waals surface area contributed by atoms with E-state index in [0.29, 0.717) is 5.50 Å². The minimum absolute atomic E-state index is 0. The summed E-state index contributed by atoms with van der Waals surface area (Å²) in [7, 11) is 0. The Bertz CT molecular complexity index is 199. The second-order valence-electron chi connectivity index (χ2n) is 2.78. The van der Waals surface area contributed by atoms with Crippen LogP contribution in [0.1, 0.15) is 6.92 Å². The highest BCUT2D eigenvalue weighted by Crippen LogP contribution is 2.29. The molecule has 2 aliphatic heterocycles. The number of halogens is 2. The highest BCUT2D eigenvalue weighted by Gasteiger charge is 2.39. The molecule has 0 bridgehead atoms. The third kappa shape index (κ3) is 1.81. The molecule has 2 heterocycles. The second-order valence-corrected chi connectivity index (χ2v) is 4.85. The third-order valence-electron chi connectivity index (χ3n) is 2.02. The van der Waals surface area contributed by atoms with Gasteiger partial charge in [0.2, 0.25) is 5.50 Å². The molecule has 2 atom stereocenters. The van der Waals surface area contributed by atoms with Crippen LogP contribution in [0.5, 0.6) is 0 Å². The molecule has 0 aromatic rings. The van der Waals surface area contributed by atoms with Gasteiger partial charge in [-0.25, -0.2) is 0 Å². The number of alkyl halides is 1. The lowest BCUT2D eigenvalue weighted by atomic mass is 10.4. The number of fused-ring (bicyclic) bond motifs is 1. The van der Waals surface area contributed by atoms with Crippen LogP contribution in [0.4, 0.5) is 0 Å². The first-order valence-corrected chi connectivity index (χ1v) is 5.73. The Balaban J connectivity index is 0.000000720. The molecule has 1 saturated heterocycles. The van der Waals surface area contributed by atoms with Crippen LogP contribution in [-0.2, 0) is 0 Å². The summed E-state index contributed by atoms with van der Waals surface area (Å²) in [6, 6.07) is 0. The van der Waals surface area contributed by atoms with Gasteiger partial charge in [-0.2, -0.15) is 5.43 Å². The van der Waals surface area contributed by atoms with E-state index < -0.39 is 0 Å². The molecule has 0 aromatic carbocycles. The van der Waals surface area contributed by atoms with Gasteiger partial charge in [-0.15, -0.1) is 0 Å². The normalized spacial score (nSPS) is 32.8. The Labute approximate surface area is 95.2 Å². The van der Waals surface area contributed by atoms with Gasteiger partial charge in [-0.05, 0) is 6.92 Å². The molecular formula is C6H11Br2N3S. The Morgan fingerprint density at radius 2 is 2.58 bits per heavy atom. The van der Waals surface area contributed by atoms with E-state index in [-0.39, 0.29) is 17.0 Å². The number of quaternary nitrogens is 1. The van der Waals surface area contributed by atoms with Crippen molar-refractivity contribution >= 4 is 33.5 Å². The molecule has 1 fully saturated rings. The van der Waals surface area contributed by atoms with Crippen molar-refractivity contribution in [3.63, 3.8) is 0 Å². The van der Waals surface area contributed by atoms with Crippen LogP contribution in [0.2, 0.25) is 0 Å². The minimum Gasteiger partial charge on any atom is -1.00 e. The fourth-order valence-corrected chi connectivity index (χ4v) is 3.29. The average Bonchev–Trinajstić information content (AvgIpc) is 2.53. The van der Waals surface area contributed by atoms with E-state index in [2.05, 4.69) is 32.9 Å². The Morgan fingerprint density at radius 3 is 3.17 bits per heavy atom. The summed E-state index contributed by atoms with van der Waals surface area (Å²) >= 11 is 5.50. The molecular weight excluding hydrogens is 306 g/mol. The lowest BCUT2D eigenvalue weighted by Crippen LogP contribution is -3.00. The third-order valence-corrected chi connectivity index (χ3v) is 4.58. The van der Waals surface area contributed by atoms with E-state index >= 15 is 0 Å². The topological polar surface area (TPSA) is 32.2 Å². The number of nitrogens with two attached hydrogens (primary N) is 1. The largest absolute Gasteiger partial charge is 1.00 e. The number of thioether (sulfide) groups is 1. The van der Waals surface area contributed by atoms with Crippen molar-refractivity contribution in [3.05, 3.63) is 0 Å². The molecule has 0 spiro atoms. The van der Waals surface area contributed by atoms with E-state index in [1.807, 2.05) is 17.2 Å². The lowest BCUT2D eigenvalue weighted by Gasteiger charge is -2.10. The van der Waals surface area contributed by atoms with Crippen molar-refractivity contribution in [2.45, 2.75) is 17.7 Å². The van der Waals surface area contributed by atoms with Crippen LogP contribution in [0.15, 0.2) is 5.10 Å². The van der Waals surface area contributed by atoms with Crippen molar-refractivity contribution in [1.29, 1.82) is 0 Å². The zero-order valence-corrected chi connectivity index (χ0v) is 10.7. The number of nitrogens with zero attached hydrogens (tertiary/aromatic N) is 2. The molecule has 70 valence electrons. The number of amidine groups is 1. The molecule has 0 amide bonds. The zero-order valence-electron chi connectivity index (χ0n) is 6.70. The highest BCUT2D eigenvalue weighted by molar-refractivity contribution is 9.09. The SMILES string of the molecule is CC1=N[NH2+]C2SC(CBr)CN12.[Br-]. The van der Waals surface area contributed by atoms with Crippen molar-refractivity contribution < 1.29 is 22.4 Å². The van der Waals surface area contributed by atoms with Gasteiger partial charge in [0.1, 0.15) is 0 Å². The maximum Gasteiger partial charge on any atom is 0.236 e. The number of rotatable bonds is 1. The fraction of sp³-hybridized carbons (Fsp3) is 0.833. The second kappa shape index (κ2) is 4.30. The first-order valence-electron chi connectivity index (χ1n) is 3.67. The van der Waals surface area contributed by atoms with E-state index in [1.165, 1.54) is 5.84 Å². The number of hydrogen-bond donors (Lipinski definition) is 1. The summed E-state index contributed by atoms with van der Waals surface area (Å²) in [5.41, 5.74) is 2.57. The van der Waals surface area contributed by atoms with Gasteiger partial charge >= 0.3 is 0 Å². The van der Waals surface area contributed by atoms with Crippen molar-refractivity contribution in [1.82, 2.24) is 4.90 Å². The Kier molecular flexibility index (Phi) is 3.88. The van der Waals surface area contributed by atoms with Crippen LogP contribution >= 0.6 is 27.7 Å². The standard InChI is InChI=1S/C6H10BrN3S.BrH/c1-4-8-9-6-10(4)3-5(2-7)11-6;/h5-6,9H,2-3H2,1H3;1H. The van der Waals surface area contributed by atoms with Gasteiger partial charge in [0.25, 0.3) is 0 Å². The predicted octanol–water partition coefficient (Wildman–Crippen LogP) is -3.00. The van der Waals surface area contributed by atoms with E-state index in [1.54, 1.807) is 0 Å². The summed E-state index contributed by atoms with van der Waals surface area (Å²) in [6.07, 6.45) is 0. The predicted molar refractivity (Wildman–Crippen MR) is 50.7 cm³/mol. The van der Waals surface area contributed by atoms with Crippen LogP contribution in [0, 0.1) is 0 Å². The van der Waals surface area contributed by atoms with Crippen molar-refractivity contribution in [2.24, 2.45) is 5.10 Å². The maximum atomic E-state index is 4.27. The van der Waals surface area contributed by atoms with Crippen LogP contribution < -0.4 is 22.4 Å². The van der Waals surface area contributed by atoms with Gasteiger partial charge in [-0.1, -0.05) is 32.8 Å². The zero-order chi connectivity index (χ0) is 7.84. The van der Waals surface area contributed by atoms with Gasteiger partial charge in [0.15, 0.2) is 5.84 Å². The fourth-order valence-electron chi connectivity index (χ4n) is 1.40. The molecule has 6 heteroatoms. The molecule has 0 aromatic heterocycles. The summed E-state index contributed by atoms with van der Waals surface area (Å²) in [4.78, 5) is 2.36. The summed E-state index contributed by atoms with van der Waals surface area (Å²) in [5, 5.41) is 6.10. The monoisotopic (exact) mass is 315 g/mol. The van der Waals surface area contributed by atoms with E-state index in [9.17, 15) is 0 Å². The summed E-state index contributed by atoms with van der Waals surface area (Å²) in [6.45, 7) is 3.22. The number of hydrogen-bond acceptors (Lipinski definition) is 3. The van der Waals surface area contributed by atoms with Crippen LogP contribution in [0.3, 0.4) is 0 Å². The molecule has 3 nitrogen and oxygen atoms in total. The van der Waals surface area contributed by atoms with Gasteiger partial charge in [0, 0.05) is 17.1 Å². The highest BCUT2D eigenvalue weighted by atomic mass is 79.9. The molecule has 12 heavy (non-hydrogen) atoms. The smallest absolute Gasteiger partial charge is 0.236 e. The molecule has 2 aliphatic rings. The molecule has 0 radical (unpaired) electrons. The minimum atomic E-state index is 0. The molecule has 0 aliphatic carbocycles. The first-order chi connectivity index (χ1) is 5.31. The van der Waals surface area contributed by atoms with Crippen molar-refractivity contribution in [3.8, 4) is 0 Å². The van der Waals surface area contributed by atoms with Crippen LogP contribution in [-0.4, -0.2) is 33.4 Å². The van der Waals surface area contributed by atoms with E-state index in [4.69, 9.17) is 0 Å². The van der Waals surface area contributed by atoms with Crippen LogP contribution in [0.25, 0.3) is 0 Å². The molecule has 2 unspecified atom stereocenters. The van der Waals surface area contributed by atoms with Crippen molar-refractivity contribution in [2.75, 3.05) is 11.9 Å².